The Morgan fingerprint density at radius 1 is 1.17 bits per heavy atom. The average molecular weight is 333 g/mol. The number of allylic oxidation sites excluding steroid dienone is 2. The fourth-order valence-corrected chi connectivity index (χ4v) is 7.60. The minimum Gasteiger partial charge on any atom is -0.396 e. The summed E-state index contributed by atoms with van der Waals surface area (Å²) in [6.45, 7) is 7.62. The van der Waals surface area contributed by atoms with Crippen molar-refractivity contribution in [2.75, 3.05) is 6.61 Å². The van der Waals surface area contributed by atoms with Crippen molar-refractivity contribution in [2.24, 2.45) is 40.4 Å². The van der Waals surface area contributed by atoms with Crippen molar-refractivity contribution in [3.63, 3.8) is 0 Å². The van der Waals surface area contributed by atoms with E-state index < -0.39 is 0 Å². The van der Waals surface area contributed by atoms with Gasteiger partial charge < -0.3 is 10.2 Å². The Kier molecular flexibility index (Phi) is 4.16. The molecule has 4 rings (SSSR count). The highest BCUT2D eigenvalue weighted by Crippen LogP contribution is 2.66. The lowest BCUT2D eigenvalue weighted by atomic mass is 9.48. The molecule has 2 heteroatoms. The number of aliphatic hydroxyl groups is 2. The first kappa shape index (κ1) is 17.1. The van der Waals surface area contributed by atoms with Crippen LogP contribution in [0, 0.1) is 40.4 Å². The third kappa shape index (κ3) is 2.28. The summed E-state index contributed by atoms with van der Waals surface area (Å²) in [6.07, 6.45) is 12.3. The number of hydrogen-bond acceptors (Lipinski definition) is 2. The molecule has 4 aliphatic carbocycles. The molecule has 0 aromatic rings. The molecule has 7 unspecified atom stereocenters. The highest BCUT2D eigenvalue weighted by Gasteiger charge is 2.57. The highest BCUT2D eigenvalue weighted by molar-refractivity contribution is 5.29. The third-order valence-corrected chi connectivity index (χ3v) is 9.04. The second kappa shape index (κ2) is 5.84. The van der Waals surface area contributed by atoms with Crippen molar-refractivity contribution in [2.45, 2.75) is 78.2 Å². The zero-order chi connectivity index (χ0) is 17.1. The van der Waals surface area contributed by atoms with Crippen LogP contribution in [0.5, 0.6) is 0 Å². The van der Waals surface area contributed by atoms with Crippen LogP contribution in [0.25, 0.3) is 0 Å². The van der Waals surface area contributed by atoms with E-state index in [1.165, 1.54) is 38.5 Å². The summed E-state index contributed by atoms with van der Waals surface area (Å²) in [5, 5.41) is 19.8. The van der Waals surface area contributed by atoms with Gasteiger partial charge in [-0.15, -0.1) is 0 Å². The van der Waals surface area contributed by atoms with Crippen LogP contribution in [0.3, 0.4) is 0 Å². The van der Waals surface area contributed by atoms with Gasteiger partial charge in [-0.3, -0.25) is 0 Å². The van der Waals surface area contributed by atoms with Crippen molar-refractivity contribution in [1.82, 2.24) is 0 Å². The molecule has 4 aliphatic rings. The summed E-state index contributed by atoms with van der Waals surface area (Å²) in [5.41, 5.74) is 2.52. The second-order valence-corrected chi connectivity index (χ2v) is 10.0. The summed E-state index contributed by atoms with van der Waals surface area (Å²) in [5.74, 6) is 3.41. The minimum atomic E-state index is -0.0599. The zero-order valence-electron chi connectivity index (χ0n) is 15.8. The van der Waals surface area contributed by atoms with Crippen molar-refractivity contribution in [1.29, 1.82) is 0 Å². The van der Waals surface area contributed by atoms with Crippen LogP contribution < -0.4 is 0 Å². The first-order valence-electron chi connectivity index (χ1n) is 10.4. The number of rotatable bonds is 2. The first-order valence-corrected chi connectivity index (χ1v) is 10.4. The minimum absolute atomic E-state index is 0.0599. The second-order valence-electron chi connectivity index (χ2n) is 10.0. The average Bonchev–Trinajstić information content (AvgIpc) is 2.92. The van der Waals surface area contributed by atoms with Gasteiger partial charge in [0, 0.05) is 6.61 Å². The standard InChI is InChI=1S/C22H36O2/c1-14(13-23)18-6-7-19-17-5-4-15-12-16(24)8-10-21(15,2)20(17)9-11-22(18,19)3/h9,14-19,23-24H,4-8,10-13H2,1-3H3/t14-,15?,16?,17?,18?,19?,21?,22?/m1/s1. The van der Waals surface area contributed by atoms with Crippen molar-refractivity contribution in [3.05, 3.63) is 11.6 Å². The molecule has 0 saturated heterocycles. The number of aliphatic hydroxyl groups excluding tert-OH is 2. The predicted octanol–water partition coefficient (Wildman–Crippen LogP) is 4.55. The predicted molar refractivity (Wildman–Crippen MR) is 97.4 cm³/mol. The van der Waals surface area contributed by atoms with Crippen LogP contribution in [0.1, 0.15) is 72.1 Å². The maximum atomic E-state index is 10.1. The maximum Gasteiger partial charge on any atom is 0.0543 e. The quantitative estimate of drug-likeness (QED) is 0.728. The van der Waals surface area contributed by atoms with E-state index in [0.717, 1.165) is 24.7 Å². The molecule has 0 radical (unpaired) electrons. The lowest BCUT2D eigenvalue weighted by Crippen LogP contribution is -2.49. The molecule has 0 bridgehead atoms. The van der Waals surface area contributed by atoms with Crippen molar-refractivity contribution >= 4 is 0 Å². The van der Waals surface area contributed by atoms with Crippen LogP contribution in [0.2, 0.25) is 0 Å². The lowest BCUT2D eigenvalue weighted by molar-refractivity contribution is -0.0176. The molecule has 136 valence electrons. The molecule has 0 spiro atoms. The Balaban J connectivity index is 1.65. The molecule has 0 aliphatic heterocycles. The molecule has 8 atom stereocenters. The molecule has 3 saturated carbocycles. The molecule has 0 heterocycles. The molecule has 0 aromatic heterocycles. The summed E-state index contributed by atoms with van der Waals surface area (Å²) in [4.78, 5) is 0. The summed E-state index contributed by atoms with van der Waals surface area (Å²) >= 11 is 0. The lowest BCUT2D eigenvalue weighted by Gasteiger charge is -2.57. The van der Waals surface area contributed by atoms with Gasteiger partial charge in [0.25, 0.3) is 0 Å². The van der Waals surface area contributed by atoms with Crippen LogP contribution in [-0.2, 0) is 0 Å². The van der Waals surface area contributed by atoms with Gasteiger partial charge in [-0.05, 0) is 91.8 Å². The van der Waals surface area contributed by atoms with Crippen molar-refractivity contribution in [3.8, 4) is 0 Å². The Hall–Kier alpha value is -0.340. The summed E-state index contributed by atoms with van der Waals surface area (Å²) < 4.78 is 0. The molecule has 24 heavy (non-hydrogen) atoms. The highest BCUT2D eigenvalue weighted by atomic mass is 16.3. The van der Waals surface area contributed by atoms with E-state index in [2.05, 4.69) is 26.8 Å². The molecule has 0 aromatic carbocycles. The van der Waals surface area contributed by atoms with Gasteiger partial charge in [-0.1, -0.05) is 32.4 Å². The van der Waals surface area contributed by atoms with Gasteiger partial charge in [-0.2, -0.15) is 0 Å². The summed E-state index contributed by atoms with van der Waals surface area (Å²) in [7, 11) is 0. The molecule has 3 fully saturated rings. The third-order valence-electron chi connectivity index (χ3n) is 9.04. The van der Waals surface area contributed by atoms with Gasteiger partial charge in [-0.25, -0.2) is 0 Å². The maximum absolute atomic E-state index is 10.1. The van der Waals surface area contributed by atoms with Gasteiger partial charge in [0.2, 0.25) is 0 Å². The van der Waals surface area contributed by atoms with Gasteiger partial charge in [0.15, 0.2) is 0 Å². The number of fused-ring (bicyclic) bond motifs is 5. The molecular weight excluding hydrogens is 296 g/mol. The van der Waals surface area contributed by atoms with E-state index in [4.69, 9.17) is 0 Å². The Bertz CT molecular complexity index is 526. The Labute approximate surface area is 147 Å². The Morgan fingerprint density at radius 3 is 2.71 bits per heavy atom. The van der Waals surface area contributed by atoms with Gasteiger partial charge in [0.05, 0.1) is 6.10 Å². The normalized spacial score (nSPS) is 52.0. The fraction of sp³-hybridized carbons (Fsp3) is 0.909. The van der Waals surface area contributed by atoms with Crippen LogP contribution in [0.4, 0.5) is 0 Å². The topological polar surface area (TPSA) is 40.5 Å². The number of hydrogen-bond donors (Lipinski definition) is 2. The molecule has 2 nitrogen and oxygen atoms in total. The van der Waals surface area contributed by atoms with Gasteiger partial charge in [0.1, 0.15) is 0 Å². The van der Waals surface area contributed by atoms with Crippen LogP contribution in [0.15, 0.2) is 11.6 Å². The first-order chi connectivity index (χ1) is 11.4. The SMILES string of the molecule is C[C@H](CO)C1CCC2C3CCC4CC(O)CCC4(C)C3=CCC21C. The Morgan fingerprint density at radius 2 is 1.96 bits per heavy atom. The van der Waals surface area contributed by atoms with Crippen molar-refractivity contribution < 1.29 is 10.2 Å². The zero-order valence-corrected chi connectivity index (χ0v) is 15.8. The molecule has 0 amide bonds. The molecular formula is C22H36O2. The van der Waals surface area contributed by atoms with E-state index in [1.807, 2.05) is 0 Å². The van der Waals surface area contributed by atoms with E-state index in [0.29, 0.717) is 35.2 Å². The van der Waals surface area contributed by atoms with E-state index >= 15 is 0 Å². The van der Waals surface area contributed by atoms with Gasteiger partial charge >= 0.3 is 0 Å². The molecule has 2 N–H and O–H groups in total. The monoisotopic (exact) mass is 332 g/mol. The smallest absolute Gasteiger partial charge is 0.0543 e. The fourth-order valence-electron chi connectivity index (χ4n) is 7.60. The summed E-state index contributed by atoms with van der Waals surface area (Å²) in [6, 6.07) is 0. The van der Waals surface area contributed by atoms with E-state index in [9.17, 15) is 10.2 Å². The van der Waals surface area contributed by atoms with Crippen LogP contribution in [-0.4, -0.2) is 22.9 Å². The van der Waals surface area contributed by atoms with E-state index in [-0.39, 0.29) is 6.10 Å². The van der Waals surface area contributed by atoms with E-state index in [1.54, 1.807) is 5.57 Å². The largest absolute Gasteiger partial charge is 0.396 e. The van der Waals surface area contributed by atoms with Crippen LogP contribution >= 0.6 is 0 Å².